The fourth-order valence-corrected chi connectivity index (χ4v) is 9.32. The van der Waals surface area contributed by atoms with Gasteiger partial charge in [0.05, 0.1) is 0 Å². The number of phenols is 1. The summed E-state index contributed by atoms with van der Waals surface area (Å²) in [6.45, 7) is 2.36. The van der Waals surface area contributed by atoms with Gasteiger partial charge in [-0.25, -0.2) is 0 Å². The molecule has 6 heteroatoms. The van der Waals surface area contributed by atoms with Crippen LogP contribution in [0.25, 0.3) is 0 Å². The molecule has 2 heterocycles. The molecule has 4 fully saturated rings. The number of benzene rings is 1. The smallest absolute Gasteiger partial charge is 0.270 e. The lowest BCUT2D eigenvalue weighted by Gasteiger charge is -2.67. The van der Waals surface area contributed by atoms with Crippen molar-refractivity contribution in [2.45, 2.75) is 68.9 Å². The largest absolute Gasteiger partial charge is 0.508 e. The summed E-state index contributed by atoms with van der Waals surface area (Å²) in [5.74, 6) is 1.55. The number of nitrogens with zero attached hydrogens (tertiary/aromatic N) is 3. The van der Waals surface area contributed by atoms with Gasteiger partial charge in [-0.3, -0.25) is 14.5 Å². The molecule has 1 aliphatic heterocycles. The number of pyridine rings is 1. The van der Waals surface area contributed by atoms with E-state index in [2.05, 4.69) is 17.0 Å². The number of piperidine rings is 1. The molecule has 1 aromatic carbocycles. The van der Waals surface area contributed by atoms with Gasteiger partial charge in [0.2, 0.25) is 0 Å². The van der Waals surface area contributed by atoms with Crippen LogP contribution in [-0.4, -0.2) is 57.6 Å². The topological polar surface area (TPSA) is 65.8 Å². The van der Waals surface area contributed by atoms with E-state index in [1.807, 2.05) is 25.1 Å². The minimum atomic E-state index is -0.130. The molecule has 5 unspecified atom stereocenters. The summed E-state index contributed by atoms with van der Waals surface area (Å²) in [6, 6.07) is 9.77. The summed E-state index contributed by atoms with van der Waals surface area (Å²) in [5.41, 5.74) is 3.33. The minimum absolute atomic E-state index is 0.00404. The first-order chi connectivity index (χ1) is 17.3. The quantitative estimate of drug-likeness (QED) is 0.714. The van der Waals surface area contributed by atoms with Crippen molar-refractivity contribution in [2.24, 2.45) is 24.3 Å². The Hall–Kier alpha value is -2.60. The van der Waals surface area contributed by atoms with Gasteiger partial charge in [0, 0.05) is 56.5 Å². The predicted octanol–water partition coefficient (Wildman–Crippen LogP) is 3.70. The van der Waals surface area contributed by atoms with Gasteiger partial charge in [-0.05, 0) is 98.4 Å². The molecular weight excluding hydrogens is 450 g/mol. The number of carbonyl (C=O) groups excluding carboxylic acids is 1. The molecule has 0 radical (unpaired) electrons. The van der Waals surface area contributed by atoms with E-state index in [1.54, 1.807) is 10.8 Å². The summed E-state index contributed by atoms with van der Waals surface area (Å²) in [4.78, 5) is 30.6. The third kappa shape index (κ3) is 2.94. The second-order valence-corrected chi connectivity index (χ2v) is 12.4. The Labute approximate surface area is 212 Å². The second-order valence-electron chi connectivity index (χ2n) is 12.4. The molecule has 5 atom stereocenters. The first kappa shape index (κ1) is 22.6. The van der Waals surface area contributed by atoms with Gasteiger partial charge < -0.3 is 14.6 Å². The van der Waals surface area contributed by atoms with Crippen molar-refractivity contribution in [1.29, 1.82) is 0 Å². The van der Waals surface area contributed by atoms with Gasteiger partial charge in [-0.1, -0.05) is 6.07 Å². The summed E-state index contributed by atoms with van der Waals surface area (Å²) in [6.07, 6.45) is 11.1. The van der Waals surface area contributed by atoms with E-state index in [0.717, 1.165) is 44.6 Å². The Kier molecular flexibility index (Phi) is 4.83. The monoisotopic (exact) mass is 487 g/mol. The fraction of sp³-hybridized carbons (Fsp3) is 0.600. The van der Waals surface area contributed by atoms with Crippen LogP contribution < -0.4 is 5.43 Å². The summed E-state index contributed by atoms with van der Waals surface area (Å²) < 4.78 is 1.76. The Morgan fingerprint density at radius 3 is 2.72 bits per heavy atom. The van der Waals surface area contributed by atoms with Gasteiger partial charge in [-0.2, -0.15) is 0 Å². The maximum atomic E-state index is 13.7. The van der Waals surface area contributed by atoms with Crippen molar-refractivity contribution in [3.8, 4) is 5.75 Å². The molecular formula is C30H37N3O3. The first-order valence-electron chi connectivity index (χ1n) is 13.8. The Morgan fingerprint density at radius 1 is 1.11 bits per heavy atom. The van der Waals surface area contributed by atoms with E-state index in [-0.39, 0.29) is 28.2 Å². The highest BCUT2D eigenvalue weighted by Crippen LogP contribution is 2.72. The minimum Gasteiger partial charge on any atom is -0.508 e. The lowest BCUT2D eigenvalue weighted by Crippen LogP contribution is -2.70. The average Bonchev–Trinajstić information content (AvgIpc) is 3.65. The highest BCUT2D eigenvalue weighted by Gasteiger charge is 2.71. The zero-order chi connectivity index (χ0) is 24.8. The van der Waals surface area contributed by atoms with Gasteiger partial charge >= 0.3 is 0 Å². The molecule has 6 nitrogen and oxygen atoms in total. The van der Waals surface area contributed by atoms with Crippen LogP contribution in [0.3, 0.4) is 0 Å². The number of aromatic hydroxyl groups is 1. The van der Waals surface area contributed by atoms with Crippen molar-refractivity contribution in [2.75, 3.05) is 20.1 Å². The molecule has 5 aliphatic rings. The molecule has 2 aromatic rings. The van der Waals surface area contributed by atoms with E-state index in [9.17, 15) is 14.7 Å². The highest BCUT2D eigenvalue weighted by atomic mass is 16.3. The van der Waals surface area contributed by atoms with Crippen LogP contribution in [0.4, 0.5) is 0 Å². The molecule has 1 aromatic heterocycles. The number of hydrogen-bond acceptors (Lipinski definition) is 4. The molecule has 36 heavy (non-hydrogen) atoms. The van der Waals surface area contributed by atoms with Crippen LogP contribution in [0.15, 0.2) is 41.3 Å². The summed E-state index contributed by atoms with van der Waals surface area (Å²) in [7, 11) is 3.78. The van der Waals surface area contributed by atoms with Crippen molar-refractivity contribution in [1.82, 2.24) is 14.4 Å². The van der Waals surface area contributed by atoms with Gasteiger partial charge in [0.25, 0.3) is 5.91 Å². The Morgan fingerprint density at radius 2 is 1.92 bits per heavy atom. The van der Waals surface area contributed by atoms with Crippen LogP contribution in [0, 0.1) is 17.3 Å². The zero-order valence-electron chi connectivity index (χ0n) is 21.4. The van der Waals surface area contributed by atoms with E-state index in [1.165, 1.54) is 49.1 Å². The van der Waals surface area contributed by atoms with Crippen LogP contribution in [0.1, 0.15) is 66.6 Å². The number of phenolic OH excluding ortho intramolecular Hbond substituents is 1. The third-order valence-corrected chi connectivity index (χ3v) is 11.0. The van der Waals surface area contributed by atoms with E-state index in [4.69, 9.17) is 0 Å². The molecule has 1 amide bonds. The second kappa shape index (κ2) is 7.70. The van der Waals surface area contributed by atoms with Crippen LogP contribution in [-0.2, 0) is 18.9 Å². The van der Waals surface area contributed by atoms with Crippen molar-refractivity contribution >= 4 is 5.91 Å². The van der Waals surface area contributed by atoms with Gasteiger partial charge in [-0.15, -0.1) is 0 Å². The molecule has 3 saturated carbocycles. The standard InChI is InChI=1S/C30H37N3O3/c1-31-13-9-22(35)17-26(31)28(36)32(2)25-8-11-29-10-7-23(25)30(29)12-14-33(18-19-3-4-19)27(29)15-20-5-6-21(34)16-24(20)30/h5-6,9,13,16-17,19,23,25,27,34H,3-4,7-8,10-12,14-15,18H2,1-2H3. The number of carbonyl (C=O) groups is 1. The van der Waals surface area contributed by atoms with Crippen molar-refractivity contribution in [3.05, 3.63) is 63.6 Å². The normalized spacial score (nSPS) is 34.7. The molecule has 0 spiro atoms. The van der Waals surface area contributed by atoms with E-state index >= 15 is 0 Å². The lowest BCUT2D eigenvalue weighted by molar-refractivity contribution is -0.104. The van der Waals surface area contributed by atoms with Crippen molar-refractivity contribution < 1.29 is 9.90 Å². The fourth-order valence-electron chi connectivity index (χ4n) is 9.32. The van der Waals surface area contributed by atoms with E-state index in [0.29, 0.717) is 23.4 Å². The summed E-state index contributed by atoms with van der Waals surface area (Å²) >= 11 is 0. The number of aryl methyl sites for hydroxylation is 1. The van der Waals surface area contributed by atoms with Gasteiger partial charge in [0.1, 0.15) is 11.4 Å². The maximum Gasteiger partial charge on any atom is 0.270 e. The highest BCUT2D eigenvalue weighted by molar-refractivity contribution is 5.92. The molecule has 1 N–H and O–H groups in total. The number of amides is 1. The van der Waals surface area contributed by atoms with Gasteiger partial charge in [0.15, 0.2) is 5.43 Å². The number of rotatable bonds is 4. The number of aromatic nitrogens is 1. The SMILES string of the molecule is CN(C(=O)c1cc(=O)ccn1C)C1CCC23CCC1C21CCN(CC2CC2)C3Cc2ccc(O)cc21. The van der Waals surface area contributed by atoms with Crippen LogP contribution in [0.5, 0.6) is 5.75 Å². The molecule has 4 aliphatic carbocycles. The molecule has 7 rings (SSSR count). The maximum absolute atomic E-state index is 13.7. The zero-order valence-corrected chi connectivity index (χ0v) is 21.4. The first-order valence-corrected chi connectivity index (χ1v) is 13.8. The third-order valence-electron chi connectivity index (χ3n) is 11.0. The Bertz CT molecular complexity index is 1300. The predicted molar refractivity (Wildman–Crippen MR) is 138 cm³/mol. The van der Waals surface area contributed by atoms with Crippen LogP contribution >= 0.6 is 0 Å². The van der Waals surface area contributed by atoms with Crippen LogP contribution in [0.2, 0.25) is 0 Å². The summed E-state index contributed by atoms with van der Waals surface area (Å²) in [5, 5.41) is 10.6. The molecule has 1 saturated heterocycles. The average molecular weight is 488 g/mol. The molecule has 4 bridgehead atoms. The number of likely N-dealkylation sites (tertiary alicyclic amines) is 1. The van der Waals surface area contributed by atoms with E-state index < -0.39 is 0 Å². The Balaban J connectivity index is 1.31. The molecule has 190 valence electrons. The number of hydrogen-bond donors (Lipinski definition) is 1. The van der Waals surface area contributed by atoms with Crippen molar-refractivity contribution in [3.63, 3.8) is 0 Å². The number of fused-ring (bicyclic) bond motifs is 1. The lowest BCUT2D eigenvalue weighted by atomic mass is 9.43.